The lowest BCUT2D eigenvalue weighted by Crippen LogP contribution is -2.24. The van der Waals surface area contributed by atoms with Crippen molar-refractivity contribution in [3.8, 4) is 11.8 Å². The number of H-pyrrole nitrogens is 1. The van der Waals surface area contributed by atoms with E-state index in [1.54, 1.807) is 6.20 Å². The molecule has 1 aromatic heterocycles. The van der Waals surface area contributed by atoms with Gasteiger partial charge in [0.2, 0.25) is 0 Å². The molecule has 0 saturated heterocycles. The predicted octanol–water partition coefficient (Wildman–Crippen LogP) is 2.45. The Morgan fingerprint density at radius 3 is 2.84 bits per heavy atom. The van der Waals surface area contributed by atoms with Crippen LogP contribution < -0.4 is 0 Å². The van der Waals surface area contributed by atoms with E-state index >= 15 is 0 Å². The lowest BCUT2D eigenvalue weighted by Gasteiger charge is -2.15. The average Bonchev–Trinajstić information content (AvgIpc) is 2.93. The van der Waals surface area contributed by atoms with Crippen molar-refractivity contribution in [1.82, 2.24) is 14.9 Å². The van der Waals surface area contributed by atoms with Crippen LogP contribution in [0.2, 0.25) is 0 Å². The van der Waals surface area contributed by atoms with Gasteiger partial charge in [0, 0.05) is 24.5 Å². The van der Waals surface area contributed by atoms with Crippen LogP contribution in [-0.4, -0.2) is 28.0 Å². The van der Waals surface area contributed by atoms with E-state index < -0.39 is 0 Å². The fourth-order valence-electron chi connectivity index (χ4n) is 1.74. The van der Waals surface area contributed by atoms with Crippen molar-refractivity contribution < 1.29 is 0 Å². The number of hydrogen-bond acceptors (Lipinski definition) is 2. The molecule has 96 valence electrons. The highest BCUT2D eigenvalue weighted by Crippen LogP contribution is 1.99. The summed E-state index contributed by atoms with van der Waals surface area (Å²) in [7, 11) is 0. The largest absolute Gasteiger partial charge is 0.348 e. The monoisotopic (exact) mass is 251 g/mol. The molecule has 1 heterocycles. The van der Waals surface area contributed by atoms with Crippen molar-refractivity contribution in [2.75, 3.05) is 13.1 Å². The highest BCUT2D eigenvalue weighted by atomic mass is 15.1. The van der Waals surface area contributed by atoms with Crippen molar-refractivity contribution in [3.05, 3.63) is 66.8 Å². The van der Waals surface area contributed by atoms with Gasteiger partial charge in [-0.05, 0) is 12.1 Å². The first-order chi connectivity index (χ1) is 9.38. The van der Waals surface area contributed by atoms with Gasteiger partial charge >= 0.3 is 0 Å². The van der Waals surface area contributed by atoms with Crippen LogP contribution in [0.15, 0.2) is 55.4 Å². The highest BCUT2D eigenvalue weighted by molar-refractivity contribution is 5.33. The van der Waals surface area contributed by atoms with Gasteiger partial charge in [0.05, 0.1) is 13.1 Å². The van der Waals surface area contributed by atoms with E-state index in [0.29, 0.717) is 6.54 Å². The Hall–Kier alpha value is -2.31. The Labute approximate surface area is 114 Å². The van der Waals surface area contributed by atoms with Crippen LogP contribution in [0.5, 0.6) is 0 Å². The number of imidazole rings is 1. The summed E-state index contributed by atoms with van der Waals surface area (Å²) in [6, 6.07) is 10.0. The standard InChI is InChI=1S/C16H17N3/c1-2-12-19(14-16-17-10-11-18-16)13-6-9-15-7-4-3-5-8-15/h2-5,7-8,10-11H,1,12-14H2,(H,17,18). The number of hydrogen-bond donors (Lipinski definition) is 1. The summed E-state index contributed by atoms with van der Waals surface area (Å²) in [5.74, 6) is 7.29. The van der Waals surface area contributed by atoms with E-state index in [1.807, 2.05) is 42.6 Å². The first-order valence-electron chi connectivity index (χ1n) is 6.24. The van der Waals surface area contributed by atoms with Gasteiger partial charge in [-0.2, -0.15) is 0 Å². The molecule has 2 rings (SSSR count). The molecule has 0 spiro atoms. The molecule has 0 amide bonds. The summed E-state index contributed by atoms with van der Waals surface area (Å²) in [4.78, 5) is 9.51. The lowest BCUT2D eigenvalue weighted by atomic mass is 10.2. The fraction of sp³-hybridized carbons (Fsp3) is 0.188. The number of nitrogens with one attached hydrogen (secondary N) is 1. The van der Waals surface area contributed by atoms with E-state index in [-0.39, 0.29) is 0 Å². The minimum absolute atomic E-state index is 0.696. The number of aromatic amines is 1. The first-order valence-corrected chi connectivity index (χ1v) is 6.24. The van der Waals surface area contributed by atoms with Crippen molar-refractivity contribution >= 4 is 0 Å². The third-order valence-corrected chi connectivity index (χ3v) is 2.62. The predicted molar refractivity (Wildman–Crippen MR) is 77.4 cm³/mol. The van der Waals surface area contributed by atoms with Crippen molar-refractivity contribution in [3.63, 3.8) is 0 Å². The maximum Gasteiger partial charge on any atom is 0.120 e. The molecule has 0 aliphatic carbocycles. The van der Waals surface area contributed by atoms with E-state index in [0.717, 1.165) is 24.5 Å². The minimum atomic E-state index is 0.696. The average molecular weight is 251 g/mol. The molecule has 0 fully saturated rings. The molecule has 19 heavy (non-hydrogen) atoms. The molecule has 3 heteroatoms. The highest BCUT2D eigenvalue weighted by Gasteiger charge is 2.03. The number of benzene rings is 1. The Balaban J connectivity index is 1.94. The molecule has 0 aliphatic rings. The van der Waals surface area contributed by atoms with Gasteiger partial charge in [0.15, 0.2) is 0 Å². The van der Waals surface area contributed by atoms with Gasteiger partial charge in [-0.3, -0.25) is 4.90 Å². The van der Waals surface area contributed by atoms with Gasteiger partial charge in [0.1, 0.15) is 5.82 Å². The Bertz CT molecular complexity index is 547. The third-order valence-electron chi connectivity index (χ3n) is 2.62. The molecule has 0 radical (unpaired) electrons. The van der Waals surface area contributed by atoms with Gasteiger partial charge in [-0.15, -0.1) is 6.58 Å². The summed E-state index contributed by atoms with van der Waals surface area (Å²) >= 11 is 0. The molecule has 0 saturated carbocycles. The summed E-state index contributed by atoms with van der Waals surface area (Å²) in [5.41, 5.74) is 1.04. The first kappa shape index (κ1) is 13.1. The zero-order valence-corrected chi connectivity index (χ0v) is 10.8. The number of rotatable bonds is 5. The zero-order chi connectivity index (χ0) is 13.3. The second kappa shape index (κ2) is 7.20. The summed E-state index contributed by atoms with van der Waals surface area (Å²) in [6.07, 6.45) is 5.47. The second-order valence-electron chi connectivity index (χ2n) is 4.16. The van der Waals surface area contributed by atoms with Crippen LogP contribution in [0.1, 0.15) is 11.4 Å². The lowest BCUT2D eigenvalue weighted by molar-refractivity contribution is 0.325. The summed E-state index contributed by atoms with van der Waals surface area (Å²) in [5, 5.41) is 0. The molecule has 0 atom stereocenters. The van der Waals surface area contributed by atoms with Gasteiger partial charge in [-0.25, -0.2) is 4.98 Å². The molecule has 2 aromatic rings. The van der Waals surface area contributed by atoms with E-state index in [1.165, 1.54) is 0 Å². The summed E-state index contributed by atoms with van der Waals surface area (Å²) < 4.78 is 0. The minimum Gasteiger partial charge on any atom is -0.348 e. The van der Waals surface area contributed by atoms with Crippen LogP contribution in [0.25, 0.3) is 0 Å². The van der Waals surface area contributed by atoms with Crippen LogP contribution in [-0.2, 0) is 6.54 Å². The topological polar surface area (TPSA) is 31.9 Å². The maximum absolute atomic E-state index is 4.22. The molecule has 0 unspecified atom stereocenters. The number of nitrogens with zero attached hydrogens (tertiary/aromatic N) is 2. The smallest absolute Gasteiger partial charge is 0.120 e. The number of aromatic nitrogens is 2. The summed E-state index contributed by atoms with van der Waals surface area (Å²) in [6.45, 7) is 6.02. The Kier molecular flexibility index (Phi) is 4.97. The van der Waals surface area contributed by atoms with E-state index in [9.17, 15) is 0 Å². The third kappa shape index (κ3) is 4.46. The quantitative estimate of drug-likeness (QED) is 0.654. The van der Waals surface area contributed by atoms with Crippen LogP contribution in [0.4, 0.5) is 0 Å². The Morgan fingerprint density at radius 1 is 1.32 bits per heavy atom. The van der Waals surface area contributed by atoms with E-state index in [2.05, 4.69) is 33.3 Å². The van der Waals surface area contributed by atoms with E-state index in [4.69, 9.17) is 0 Å². The van der Waals surface area contributed by atoms with Crippen LogP contribution >= 0.6 is 0 Å². The molecule has 3 nitrogen and oxygen atoms in total. The molecule has 1 N–H and O–H groups in total. The van der Waals surface area contributed by atoms with Crippen LogP contribution in [0, 0.1) is 11.8 Å². The van der Waals surface area contributed by atoms with Gasteiger partial charge in [0.25, 0.3) is 0 Å². The van der Waals surface area contributed by atoms with Gasteiger partial charge < -0.3 is 4.98 Å². The maximum atomic E-state index is 4.22. The zero-order valence-electron chi connectivity index (χ0n) is 10.8. The Morgan fingerprint density at radius 2 is 2.16 bits per heavy atom. The van der Waals surface area contributed by atoms with Gasteiger partial charge in [-0.1, -0.05) is 36.1 Å². The molecule has 0 aliphatic heterocycles. The molecular weight excluding hydrogens is 234 g/mol. The molecule has 1 aromatic carbocycles. The fourth-order valence-corrected chi connectivity index (χ4v) is 1.74. The molecular formula is C16H17N3. The van der Waals surface area contributed by atoms with Crippen LogP contribution in [0.3, 0.4) is 0 Å². The SMILES string of the molecule is C=CCN(CC#Cc1ccccc1)Cc1ncc[nH]1. The van der Waals surface area contributed by atoms with Crippen molar-refractivity contribution in [1.29, 1.82) is 0 Å². The molecule has 0 bridgehead atoms. The van der Waals surface area contributed by atoms with Crippen molar-refractivity contribution in [2.24, 2.45) is 0 Å². The van der Waals surface area contributed by atoms with Crippen molar-refractivity contribution in [2.45, 2.75) is 6.54 Å². The second-order valence-corrected chi connectivity index (χ2v) is 4.16. The normalized spacial score (nSPS) is 9.95.